The molecule has 0 unspecified atom stereocenters. The van der Waals surface area contributed by atoms with Crippen LogP contribution in [-0.2, 0) is 4.57 Å². The van der Waals surface area contributed by atoms with E-state index in [4.69, 9.17) is 18.9 Å². The summed E-state index contributed by atoms with van der Waals surface area (Å²) in [6.45, 7) is 0. The molecule has 0 aliphatic carbocycles. The second-order valence-corrected chi connectivity index (χ2v) is 6.11. The highest BCUT2D eigenvalue weighted by Crippen LogP contribution is 2.38. The molecular formula is C16H13O7P. The largest absolute Gasteiger partial charge is 0.524 e. The first-order valence-corrected chi connectivity index (χ1v) is 8.36. The number of hydrogen-bond donors (Lipinski definition) is 2. The summed E-state index contributed by atoms with van der Waals surface area (Å²) in [5.74, 6) is 0.945. The first-order chi connectivity index (χ1) is 11.4. The van der Waals surface area contributed by atoms with Crippen LogP contribution in [0.25, 0.3) is 22.3 Å². The number of rotatable bonds is 4. The monoisotopic (exact) mass is 348 g/mol. The van der Waals surface area contributed by atoms with E-state index in [-0.39, 0.29) is 22.1 Å². The topological polar surface area (TPSA) is 106 Å². The normalized spacial score (nSPS) is 11.5. The van der Waals surface area contributed by atoms with Gasteiger partial charge in [-0.3, -0.25) is 14.6 Å². The minimum Gasteiger partial charge on any atom is -0.497 e. The SMILES string of the molecule is COc1ccc(-c2cc(=O)c3cc(OP(=O)(O)O)ccc3o2)cc1. The van der Waals surface area contributed by atoms with Gasteiger partial charge >= 0.3 is 7.82 Å². The van der Waals surface area contributed by atoms with Crippen LogP contribution in [0.2, 0.25) is 0 Å². The molecule has 8 heteroatoms. The third-order valence-corrected chi connectivity index (χ3v) is 3.75. The van der Waals surface area contributed by atoms with E-state index in [1.807, 2.05) is 0 Å². The van der Waals surface area contributed by atoms with Gasteiger partial charge in [-0.1, -0.05) is 0 Å². The highest BCUT2D eigenvalue weighted by molar-refractivity contribution is 7.46. The van der Waals surface area contributed by atoms with Gasteiger partial charge in [0.05, 0.1) is 12.5 Å². The van der Waals surface area contributed by atoms with E-state index in [9.17, 15) is 9.36 Å². The lowest BCUT2D eigenvalue weighted by Crippen LogP contribution is -2.01. The highest BCUT2D eigenvalue weighted by Gasteiger charge is 2.17. The molecule has 124 valence electrons. The lowest BCUT2D eigenvalue weighted by atomic mass is 10.1. The summed E-state index contributed by atoms with van der Waals surface area (Å²) < 4.78 is 26.1. The van der Waals surface area contributed by atoms with Crippen LogP contribution in [0.4, 0.5) is 0 Å². The predicted octanol–water partition coefficient (Wildman–Crippen LogP) is 2.94. The second-order valence-electron chi connectivity index (χ2n) is 4.94. The Morgan fingerprint density at radius 3 is 2.29 bits per heavy atom. The van der Waals surface area contributed by atoms with Crippen molar-refractivity contribution < 1.29 is 28.0 Å². The molecule has 0 radical (unpaired) electrons. The van der Waals surface area contributed by atoms with Crippen molar-refractivity contribution in [1.29, 1.82) is 0 Å². The van der Waals surface area contributed by atoms with Crippen LogP contribution in [-0.4, -0.2) is 16.9 Å². The molecule has 7 nitrogen and oxygen atoms in total. The van der Waals surface area contributed by atoms with E-state index in [1.54, 1.807) is 31.4 Å². The standard InChI is InChI=1S/C16H13O7P/c1-21-11-4-2-10(3-5-11)16-9-14(17)13-8-12(23-24(18,19)20)6-7-15(13)22-16/h2-9H,1H3,(H2,18,19,20). The summed E-state index contributed by atoms with van der Waals surface area (Å²) in [4.78, 5) is 29.9. The molecule has 0 spiro atoms. The van der Waals surface area contributed by atoms with Crippen LogP contribution in [0.1, 0.15) is 0 Å². The Morgan fingerprint density at radius 2 is 1.67 bits per heavy atom. The Bertz CT molecular complexity index is 985. The Morgan fingerprint density at radius 1 is 1.00 bits per heavy atom. The van der Waals surface area contributed by atoms with Gasteiger partial charge in [0, 0.05) is 11.6 Å². The van der Waals surface area contributed by atoms with E-state index < -0.39 is 7.82 Å². The van der Waals surface area contributed by atoms with Gasteiger partial charge in [-0.05, 0) is 42.5 Å². The summed E-state index contributed by atoms with van der Waals surface area (Å²) in [6, 6.07) is 12.3. The zero-order chi connectivity index (χ0) is 17.3. The first kappa shape index (κ1) is 16.3. The Kier molecular flexibility index (Phi) is 4.15. The third kappa shape index (κ3) is 3.49. The Balaban J connectivity index is 2.05. The van der Waals surface area contributed by atoms with Crippen molar-refractivity contribution in [2.45, 2.75) is 0 Å². The fraction of sp³-hybridized carbons (Fsp3) is 0.0625. The fourth-order valence-corrected chi connectivity index (χ4v) is 2.62. The van der Waals surface area contributed by atoms with Crippen molar-refractivity contribution in [3.63, 3.8) is 0 Å². The van der Waals surface area contributed by atoms with Crippen LogP contribution in [0.5, 0.6) is 11.5 Å². The van der Waals surface area contributed by atoms with Crippen molar-refractivity contribution in [2.75, 3.05) is 7.11 Å². The van der Waals surface area contributed by atoms with Crippen LogP contribution < -0.4 is 14.7 Å². The molecule has 1 heterocycles. The van der Waals surface area contributed by atoms with Gasteiger partial charge in [-0.2, -0.15) is 0 Å². The minimum absolute atomic E-state index is 0.111. The maximum atomic E-state index is 12.3. The summed E-state index contributed by atoms with van der Waals surface area (Å²) in [6.07, 6.45) is 0. The molecule has 3 rings (SSSR count). The first-order valence-electron chi connectivity index (χ1n) is 6.83. The average Bonchev–Trinajstić information content (AvgIpc) is 2.54. The van der Waals surface area contributed by atoms with Gasteiger partial charge in [0.2, 0.25) is 0 Å². The van der Waals surface area contributed by atoms with Crippen LogP contribution in [0.15, 0.2) is 57.7 Å². The molecule has 24 heavy (non-hydrogen) atoms. The van der Waals surface area contributed by atoms with Gasteiger partial charge in [0.1, 0.15) is 22.8 Å². The number of hydrogen-bond acceptors (Lipinski definition) is 5. The molecule has 1 aromatic heterocycles. The van der Waals surface area contributed by atoms with Gasteiger partial charge < -0.3 is 13.7 Å². The summed E-state index contributed by atoms with van der Waals surface area (Å²) in [5.41, 5.74) is 0.634. The fourth-order valence-electron chi connectivity index (χ4n) is 2.23. The average molecular weight is 348 g/mol. The third-order valence-electron chi connectivity index (χ3n) is 3.30. The molecule has 0 aliphatic heterocycles. The number of methoxy groups -OCH3 is 1. The van der Waals surface area contributed by atoms with E-state index >= 15 is 0 Å². The van der Waals surface area contributed by atoms with Crippen molar-refractivity contribution in [2.24, 2.45) is 0 Å². The molecule has 0 atom stereocenters. The molecule has 0 saturated carbocycles. The molecule has 0 amide bonds. The smallest absolute Gasteiger partial charge is 0.497 e. The highest BCUT2D eigenvalue weighted by atomic mass is 31.2. The molecule has 0 fully saturated rings. The van der Waals surface area contributed by atoms with E-state index in [0.29, 0.717) is 17.1 Å². The Labute approximate surface area is 136 Å². The molecule has 2 aromatic carbocycles. The van der Waals surface area contributed by atoms with E-state index in [1.165, 1.54) is 24.3 Å². The van der Waals surface area contributed by atoms with E-state index in [2.05, 4.69) is 4.52 Å². The van der Waals surface area contributed by atoms with Crippen LogP contribution >= 0.6 is 7.82 Å². The van der Waals surface area contributed by atoms with Crippen molar-refractivity contribution in [1.82, 2.24) is 0 Å². The van der Waals surface area contributed by atoms with Crippen molar-refractivity contribution >= 4 is 18.8 Å². The summed E-state index contributed by atoms with van der Waals surface area (Å²) in [7, 11) is -3.13. The van der Waals surface area contributed by atoms with Gasteiger partial charge in [-0.25, -0.2) is 4.57 Å². The Hall–Kier alpha value is -2.60. The zero-order valence-electron chi connectivity index (χ0n) is 12.5. The second kappa shape index (κ2) is 6.13. The molecule has 0 saturated heterocycles. The molecule has 0 bridgehead atoms. The lowest BCUT2D eigenvalue weighted by Gasteiger charge is -2.08. The number of ether oxygens (including phenoxy) is 1. The number of phosphoric ester groups is 1. The van der Waals surface area contributed by atoms with Gasteiger partial charge in [-0.15, -0.1) is 0 Å². The maximum Gasteiger partial charge on any atom is 0.524 e. The molecule has 3 aromatic rings. The number of benzene rings is 2. The van der Waals surface area contributed by atoms with Gasteiger partial charge in [0.25, 0.3) is 0 Å². The summed E-state index contributed by atoms with van der Waals surface area (Å²) >= 11 is 0. The molecule has 2 N–H and O–H groups in total. The molecule has 0 aliphatic rings. The van der Waals surface area contributed by atoms with Crippen molar-refractivity contribution in [3.8, 4) is 22.8 Å². The summed E-state index contributed by atoms with van der Waals surface area (Å²) in [5, 5.41) is 0.165. The quantitative estimate of drug-likeness (QED) is 0.698. The van der Waals surface area contributed by atoms with Crippen molar-refractivity contribution in [3.05, 3.63) is 58.8 Å². The number of fused-ring (bicyclic) bond motifs is 1. The molecular weight excluding hydrogens is 335 g/mol. The van der Waals surface area contributed by atoms with Crippen LogP contribution in [0.3, 0.4) is 0 Å². The minimum atomic E-state index is -4.69. The number of phosphoric acid groups is 1. The van der Waals surface area contributed by atoms with E-state index in [0.717, 1.165) is 0 Å². The lowest BCUT2D eigenvalue weighted by molar-refractivity contribution is 0.283. The van der Waals surface area contributed by atoms with Crippen LogP contribution in [0, 0.1) is 0 Å². The van der Waals surface area contributed by atoms with Gasteiger partial charge in [0.15, 0.2) is 5.43 Å². The predicted molar refractivity (Wildman–Crippen MR) is 87.1 cm³/mol. The zero-order valence-corrected chi connectivity index (χ0v) is 13.4. The maximum absolute atomic E-state index is 12.3.